The molecule has 1 rings (SSSR count). The van der Waals surface area contributed by atoms with Crippen molar-refractivity contribution in [3.63, 3.8) is 0 Å². The molecule has 11 heteroatoms. The van der Waals surface area contributed by atoms with Gasteiger partial charge >= 0.3 is 0 Å². The molecule has 11 nitrogen and oxygen atoms in total. The molecular weight excluding hydrogens is 462 g/mol. The van der Waals surface area contributed by atoms with Crippen LogP contribution in [0.3, 0.4) is 0 Å². The Morgan fingerprint density at radius 2 is 1.91 bits per heavy atom. The first-order chi connectivity index (χ1) is 16.7. The van der Waals surface area contributed by atoms with Crippen LogP contribution in [0.25, 0.3) is 0 Å². The van der Waals surface area contributed by atoms with E-state index < -0.39 is 30.3 Å². The monoisotopic (exact) mass is 491 g/mol. The Bertz CT molecular complexity index is 1070. The van der Waals surface area contributed by atoms with E-state index in [0.717, 1.165) is 18.2 Å². The lowest BCUT2D eigenvalue weighted by Gasteiger charge is -2.13. The van der Waals surface area contributed by atoms with Crippen LogP contribution < -0.4 is 5.90 Å². The first-order valence-electron chi connectivity index (χ1n) is 10.3. The Labute approximate surface area is 201 Å². The lowest BCUT2D eigenvalue weighted by molar-refractivity contribution is -0.124. The van der Waals surface area contributed by atoms with Gasteiger partial charge in [0.25, 0.3) is 6.47 Å². The molecule has 0 bridgehead atoms. The number of nitrogens with two attached hydrogens (primary N) is 1. The van der Waals surface area contributed by atoms with Crippen molar-refractivity contribution < 1.29 is 49.8 Å². The van der Waals surface area contributed by atoms with Crippen molar-refractivity contribution in [3.8, 4) is 0 Å². The van der Waals surface area contributed by atoms with Crippen LogP contribution in [0, 0.1) is 0 Å². The smallest absolute Gasteiger partial charge is 0.298 e. The topological polar surface area (TPSA) is 200 Å². The summed E-state index contributed by atoms with van der Waals surface area (Å²) in [7, 11) is 0. The second kappa shape index (κ2) is 14.1. The average Bonchev–Trinajstić information content (AvgIpc) is 2.97. The molecule has 0 spiro atoms. The zero-order valence-corrected chi connectivity index (χ0v) is 19.3. The number of Topliss-reactive ketones (excluding diaryl/α,β-unsaturated/α-hetero) is 1. The maximum absolute atomic E-state index is 12.9. The number of hydrogen-bond donors (Lipinski definition) is 7. The van der Waals surface area contributed by atoms with Crippen LogP contribution >= 0.6 is 0 Å². The van der Waals surface area contributed by atoms with Crippen LogP contribution in [0.4, 0.5) is 0 Å². The van der Waals surface area contributed by atoms with Gasteiger partial charge in [-0.15, -0.1) is 0 Å². The van der Waals surface area contributed by atoms with Crippen molar-refractivity contribution in [2.24, 2.45) is 5.90 Å². The van der Waals surface area contributed by atoms with Crippen LogP contribution in [-0.4, -0.2) is 49.5 Å². The fourth-order valence-electron chi connectivity index (χ4n) is 2.96. The molecule has 0 heterocycles. The van der Waals surface area contributed by atoms with Crippen molar-refractivity contribution in [2.75, 3.05) is 6.61 Å². The minimum absolute atomic E-state index is 0.00217. The highest BCUT2D eigenvalue weighted by Gasteiger charge is 2.23. The van der Waals surface area contributed by atoms with E-state index >= 15 is 0 Å². The predicted molar refractivity (Wildman–Crippen MR) is 125 cm³/mol. The first-order valence-corrected chi connectivity index (χ1v) is 10.3. The van der Waals surface area contributed by atoms with E-state index in [0.29, 0.717) is 6.26 Å². The Morgan fingerprint density at radius 3 is 2.43 bits per heavy atom. The molecule has 0 aromatic heterocycles. The zero-order valence-electron chi connectivity index (χ0n) is 19.3. The normalized spacial score (nSPS) is 16.7. The van der Waals surface area contributed by atoms with E-state index in [9.17, 15) is 40.2 Å². The van der Waals surface area contributed by atoms with E-state index in [-0.39, 0.29) is 64.6 Å². The number of allylic oxidation sites excluding steroid dienone is 8. The molecule has 35 heavy (non-hydrogen) atoms. The fourth-order valence-corrected chi connectivity index (χ4v) is 2.96. The second-order valence-electron chi connectivity index (χ2n) is 7.03. The van der Waals surface area contributed by atoms with E-state index in [4.69, 9.17) is 10.6 Å². The molecule has 0 aromatic carbocycles. The van der Waals surface area contributed by atoms with Gasteiger partial charge in [-0.05, 0) is 24.6 Å². The van der Waals surface area contributed by atoms with Crippen LogP contribution in [0.15, 0.2) is 93.5 Å². The highest BCUT2D eigenvalue weighted by molar-refractivity contribution is 6.01. The summed E-state index contributed by atoms with van der Waals surface area (Å²) in [6.45, 7) is 2.58. The Kier molecular flexibility index (Phi) is 11.6. The van der Waals surface area contributed by atoms with E-state index in [1.54, 1.807) is 6.92 Å². The Morgan fingerprint density at radius 1 is 1.23 bits per heavy atom. The molecule has 0 saturated heterocycles. The van der Waals surface area contributed by atoms with Gasteiger partial charge in [0.05, 0.1) is 30.0 Å². The van der Waals surface area contributed by atoms with Gasteiger partial charge in [-0.3, -0.25) is 9.59 Å². The standard InChI is InChI=1S/C24H29NO10/c1-3-14(7-20(32)24-21(33)9-17(30)5-6-22(24)34-13-28)18(12-27)19(31)8-15(11-26)23(35-25)10-16(29)4-2/h3,6-7,9-10,12-13,26-27,29-30,32-33H,4-5,8,11,25H2,1-2H3/b14-3+,16-10+,18-12?,20-7-,23-15+. The van der Waals surface area contributed by atoms with Gasteiger partial charge in [-0.25, -0.2) is 0 Å². The summed E-state index contributed by atoms with van der Waals surface area (Å²) in [6.07, 6.45) is 5.91. The van der Waals surface area contributed by atoms with Gasteiger partial charge in [0.1, 0.15) is 22.9 Å². The lowest BCUT2D eigenvalue weighted by atomic mass is 9.95. The molecule has 0 aliphatic heterocycles. The van der Waals surface area contributed by atoms with Gasteiger partial charge in [0, 0.05) is 37.0 Å². The minimum Gasteiger partial charge on any atom is -0.515 e. The van der Waals surface area contributed by atoms with E-state index in [2.05, 4.69) is 4.84 Å². The average molecular weight is 491 g/mol. The quantitative estimate of drug-likeness (QED) is 0.0693. The zero-order chi connectivity index (χ0) is 26.5. The van der Waals surface area contributed by atoms with Gasteiger partial charge in [0.2, 0.25) is 0 Å². The van der Waals surface area contributed by atoms with E-state index in [1.165, 1.54) is 19.1 Å². The number of ketones is 1. The molecule has 0 atom stereocenters. The summed E-state index contributed by atoms with van der Waals surface area (Å²) in [5.74, 6) is 2.45. The van der Waals surface area contributed by atoms with Gasteiger partial charge in [-0.1, -0.05) is 13.0 Å². The largest absolute Gasteiger partial charge is 0.515 e. The van der Waals surface area contributed by atoms with Gasteiger partial charge in [-0.2, -0.15) is 5.90 Å². The number of carbonyl (C=O) groups is 2. The summed E-state index contributed by atoms with van der Waals surface area (Å²) in [4.78, 5) is 28.4. The molecule has 190 valence electrons. The number of ether oxygens (including phenoxy) is 1. The molecule has 8 N–H and O–H groups in total. The third-order valence-electron chi connectivity index (χ3n) is 4.78. The summed E-state index contributed by atoms with van der Waals surface area (Å²) < 4.78 is 4.79. The number of carbonyl (C=O) groups excluding carboxylic acids is 2. The van der Waals surface area contributed by atoms with Crippen molar-refractivity contribution in [2.45, 2.75) is 33.1 Å². The second-order valence-corrected chi connectivity index (χ2v) is 7.03. The third kappa shape index (κ3) is 7.95. The van der Waals surface area contributed by atoms with Crippen molar-refractivity contribution in [3.05, 3.63) is 93.5 Å². The summed E-state index contributed by atoms with van der Waals surface area (Å²) in [5.41, 5.74) is -0.633. The SMILES string of the molecule is C/C=C(\C=C(/O)C1=C(O)C=C(O)CC=C1OC=O)C(=CO)C(=O)C/C(CO)=C(/C=C(/O)CC)ON. The highest BCUT2D eigenvalue weighted by atomic mass is 16.6. The predicted octanol–water partition coefficient (Wildman–Crippen LogP) is 3.48. The maximum Gasteiger partial charge on any atom is 0.298 e. The van der Waals surface area contributed by atoms with Crippen molar-refractivity contribution >= 4 is 12.3 Å². The third-order valence-corrected chi connectivity index (χ3v) is 4.78. The molecule has 0 radical (unpaired) electrons. The van der Waals surface area contributed by atoms with Crippen molar-refractivity contribution in [1.29, 1.82) is 0 Å². The molecular formula is C24H29NO10. The molecule has 0 aromatic rings. The highest BCUT2D eigenvalue weighted by Crippen LogP contribution is 2.29. The van der Waals surface area contributed by atoms with E-state index in [1.807, 2.05) is 0 Å². The molecule has 0 unspecified atom stereocenters. The number of aliphatic hydroxyl groups excluding tert-OH is 6. The molecule has 0 amide bonds. The lowest BCUT2D eigenvalue weighted by Crippen LogP contribution is -2.12. The molecule has 0 fully saturated rings. The summed E-state index contributed by atoms with van der Waals surface area (Å²) in [6, 6.07) is 0. The van der Waals surface area contributed by atoms with Crippen LogP contribution in [0.5, 0.6) is 0 Å². The van der Waals surface area contributed by atoms with Crippen LogP contribution in [0.2, 0.25) is 0 Å². The summed E-state index contributed by atoms with van der Waals surface area (Å²) in [5, 5.41) is 59.8. The minimum atomic E-state index is -0.718. The van der Waals surface area contributed by atoms with Crippen LogP contribution in [0.1, 0.15) is 33.1 Å². The van der Waals surface area contributed by atoms with Gasteiger partial charge < -0.3 is 40.2 Å². The van der Waals surface area contributed by atoms with Crippen molar-refractivity contribution in [1.82, 2.24) is 0 Å². The van der Waals surface area contributed by atoms with Gasteiger partial charge in [0.15, 0.2) is 11.5 Å². The molecule has 1 aliphatic carbocycles. The van der Waals surface area contributed by atoms with Crippen LogP contribution in [-0.2, 0) is 19.2 Å². The molecule has 1 aliphatic rings. The summed E-state index contributed by atoms with van der Waals surface area (Å²) >= 11 is 0. The first kappa shape index (κ1) is 28.8. The number of rotatable bonds is 12. The number of hydrogen-bond acceptors (Lipinski definition) is 11. The Hall–Kier alpha value is -4.22. The fraction of sp³-hybridized carbons (Fsp3) is 0.250. The Balaban J connectivity index is 3.43. The molecule has 0 saturated carbocycles. The maximum atomic E-state index is 12.9. The number of aliphatic hydroxyl groups is 6.